The molecule has 0 aromatic heterocycles. The minimum absolute atomic E-state index is 0.00509. The number of aliphatic hydroxyl groups excluding tert-OH is 1. The van der Waals surface area contributed by atoms with E-state index in [2.05, 4.69) is 21.2 Å². The number of benzene rings is 1. The second kappa shape index (κ2) is 8.11. The van der Waals surface area contributed by atoms with Crippen LogP contribution >= 0.6 is 15.9 Å². The molecule has 1 unspecified atom stereocenters. The quantitative estimate of drug-likeness (QED) is 0.758. The molecule has 0 spiro atoms. The van der Waals surface area contributed by atoms with E-state index in [9.17, 15) is 4.79 Å². The molecule has 5 heteroatoms. The van der Waals surface area contributed by atoms with Gasteiger partial charge in [0.1, 0.15) is 5.75 Å². The lowest BCUT2D eigenvalue weighted by molar-refractivity contribution is -0.123. The number of ether oxygens (including phenoxy) is 1. The summed E-state index contributed by atoms with van der Waals surface area (Å²) in [5, 5.41) is 11.8. The summed E-state index contributed by atoms with van der Waals surface area (Å²) in [5.41, 5.74) is 0. The molecule has 1 amide bonds. The lowest BCUT2D eigenvalue weighted by atomic mass is 10.2. The molecular formula is C13H18BrNO3. The highest BCUT2D eigenvalue weighted by molar-refractivity contribution is 9.10. The van der Waals surface area contributed by atoms with E-state index in [1.54, 1.807) is 19.1 Å². The van der Waals surface area contributed by atoms with Crippen molar-refractivity contribution in [1.29, 1.82) is 0 Å². The Labute approximate surface area is 115 Å². The Hall–Kier alpha value is -1.07. The number of hydrogen-bond acceptors (Lipinski definition) is 3. The number of amides is 1. The van der Waals surface area contributed by atoms with Crippen LogP contribution in [0.15, 0.2) is 28.7 Å². The van der Waals surface area contributed by atoms with Crippen LogP contribution in [0.4, 0.5) is 0 Å². The highest BCUT2D eigenvalue weighted by Crippen LogP contribution is 2.17. The molecule has 2 N–H and O–H groups in total. The summed E-state index contributed by atoms with van der Waals surface area (Å²) in [5.74, 6) is 0.504. The number of halogens is 1. The third-order valence-electron chi connectivity index (χ3n) is 2.29. The molecule has 1 atom stereocenters. The fourth-order valence-corrected chi connectivity index (χ4v) is 1.76. The Bertz CT molecular complexity index is 382. The van der Waals surface area contributed by atoms with Crippen molar-refractivity contribution in [2.75, 3.05) is 13.2 Å². The molecule has 100 valence electrons. The van der Waals surface area contributed by atoms with Crippen LogP contribution in [0.2, 0.25) is 0 Å². The van der Waals surface area contributed by atoms with Crippen LogP contribution in [0, 0.1) is 0 Å². The maximum atomic E-state index is 11.4. The van der Waals surface area contributed by atoms with E-state index in [4.69, 9.17) is 9.84 Å². The Morgan fingerprint density at radius 2 is 2.33 bits per heavy atom. The van der Waals surface area contributed by atoms with Crippen LogP contribution in [-0.4, -0.2) is 30.3 Å². The second-order valence-corrected chi connectivity index (χ2v) is 5.00. The monoisotopic (exact) mass is 315 g/mol. The van der Waals surface area contributed by atoms with E-state index in [0.717, 1.165) is 10.9 Å². The second-order valence-electron chi connectivity index (χ2n) is 4.09. The van der Waals surface area contributed by atoms with Crippen LogP contribution in [0.1, 0.15) is 19.8 Å². The number of aliphatic hydroxyl groups is 1. The van der Waals surface area contributed by atoms with E-state index < -0.39 is 0 Å². The first-order valence-corrected chi connectivity index (χ1v) is 6.70. The molecule has 0 radical (unpaired) electrons. The third-order valence-corrected chi connectivity index (χ3v) is 2.78. The first-order valence-electron chi connectivity index (χ1n) is 5.91. The van der Waals surface area contributed by atoms with Crippen molar-refractivity contribution < 1.29 is 14.6 Å². The largest absolute Gasteiger partial charge is 0.484 e. The average molecular weight is 316 g/mol. The predicted octanol–water partition coefficient (Wildman–Crippen LogP) is 2.11. The topological polar surface area (TPSA) is 58.6 Å². The van der Waals surface area contributed by atoms with E-state index in [-0.39, 0.29) is 18.6 Å². The van der Waals surface area contributed by atoms with E-state index in [1.165, 1.54) is 0 Å². The average Bonchev–Trinajstić information content (AvgIpc) is 2.32. The number of nitrogens with one attached hydrogen (secondary N) is 1. The first-order chi connectivity index (χ1) is 8.58. The highest BCUT2D eigenvalue weighted by atomic mass is 79.9. The normalized spacial score (nSPS) is 11.9. The van der Waals surface area contributed by atoms with Crippen LogP contribution in [0.25, 0.3) is 0 Å². The summed E-state index contributed by atoms with van der Waals surface area (Å²) in [4.78, 5) is 11.4. The molecule has 0 saturated carbocycles. The standard InChI is InChI=1S/C13H18BrNO3/c1-10(16)4-3-7-15-13(17)9-18-12-6-2-5-11(14)8-12/h2,5-6,8,10,16H,3-4,7,9H2,1H3,(H,15,17). The number of carbonyl (C=O) groups is 1. The van der Waals surface area contributed by atoms with Crippen molar-refractivity contribution in [3.8, 4) is 5.75 Å². The molecule has 1 aromatic carbocycles. The van der Waals surface area contributed by atoms with Gasteiger partial charge < -0.3 is 15.2 Å². The Morgan fingerprint density at radius 1 is 1.56 bits per heavy atom. The van der Waals surface area contributed by atoms with Gasteiger partial charge in [-0.2, -0.15) is 0 Å². The van der Waals surface area contributed by atoms with Gasteiger partial charge in [-0.1, -0.05) is 22.0 Å². The number of carbonyl (C=O) groups excluding carboxylic acids is 1. The minimum Gasteiger partial charge on any atom is -0.484 e. The van der Waals surface area contributed by atoms with Crippen LogP contribution in [0.5, 0.6) is 5.75 Å². The summed E-state index contributed by atoms with van der Waals surface area (Å²) in [6.45, 7) is 2.30. The molecule has 18 heavy (non-hydrogen) atoms. The lowest BCUT2D eigenvalue weighted by Crippen LogP contribution is -2.30. The van der Waals surface area contributed by atoms with Crippen LogP contribution in [0.3, 0.4) is 0 Å². The van der Waals surface area contributed by atoms with Crippen molar-refractivity contribution in [3.63, 3.8) is 0 Å². The fraction of sp³-hybridized carbons (Fsp3) is 0.462. The van der Waals surface area contributed by atoms with E-state index in [0.29, 0.717) is 18.7 Å². The zero-order valence-corrected chi connectivity index (χ0v) is 11.9. The predicted molar refractivity (Wildman–Crippen MR) is 73.6 cm³/mol. The van der Waals surface area contributed by atoms with Gasteiger partial charge in [-0.15, -0.1) is 0 Å². The zero-order chi connectivity index (χ0) is 13.4. The molecule has 0 aliphatic carbocycles. The molecule has 0 heterocycles. The molecule has 0 saturated heterocycles. The molecule has 0 bridgehead atoms. The summed E-state index contributed by atoms with van der Waals surface area (Å²) < 4.78 is 6.25. The van der Waals surface area contributed by atoms with Gasteiger partial charge in [0.25, 0.3) is 5.91 Å². The SMILES string of the molecule is CC(O)CCCNC(=O)COc1cccc(Br)c1. The van der Waals surface area contributed by atoms with Crippen LogP contribution < -0.4 is 10.1 Å². The van der Waals surface area contributed by atoms with Gasteiger partial charge in [0, 0.05) is 11.0 Å². The first kappa shape index (κ1) is 15.0. The van der Waals surface area contributed by atoms with Crippen LogP contribution in [-0.2, 0) is 4.79 Å². The maximum Gasteiger partial charge on any atom is 0.257 e. The van der Waals surface area contributed by atoms with Crippen molar-refractivity contribution in [1.82, 2.24) is 5.32 Å². The highest BCUT2D eigenvalue weighted by Gasteiger charge is 2.03. The zero-order valence-electron chi connectivity index (χ0n) is 10.4. The van der Waals surface area contributed by atoms with Gasteiger partial charge in [-0.3, -0.25) is 4.79 Å². The fourth-order valence-electron chi connectivity index (χ4n) is 1.38. The van der Waals surface area contributed by atoms with Gasteiger partial charge in [0.15, 0.2) is 6.61 Å². The Kier molecular flexibility index (Phi) is 6.75. The summed E-state index contributed by atoms with van der Waals surface area (Å²) in [7, 11) is 0. The molecule has 0 aliphatic rings. The molecule has 0 fully saturated rings. The minimum atomic E-state index is -0.320. The lowest BCUT2D eigenvalue weighted by Gasteiger charge is -2.08. The van der Waals surface area contributed by atoms with Crippen molar-refractivity contribution in [3.05, 3.63) is 28.7 Å². The Balaban J connectivity index is 2.17. The van der Waals surface area contributed by atoms with E-state index >= 15 is 0 Å². The molecule has 1 aromatic rings. The molecular weight excluding hydrogens is 298 g/mol. The summed E-state index contributed by atoms with van der Waals surface area (Å²) >= 11 is 3.33. The van der Waals surface area contributed by atoms with E-state index in [1.807, 2.05) is 12.1 Å². The van der Waals surface area contributed by atoms with Gasteiger partial charge in [0.05, 0.1) is 6.10 Å². The smallest absolute Gasteiger partial charge is 0.257 e. The van der Waals surface area contributed by atoms with Crippen molar-refractivity contribution >= 4 is 21.8 Å². The van der Waals surface area contributed by atoms with Gasteiger partial charge >= 0.3 is 0 Å². The summed E-state index contributed by atoms with van der Waals surface area (Å²) in [6.07, 6.45) is 1.13. The molecule has 0 aliphatic heterocycles. The van der Waals surface area contributed by atoms with Gasteiger partial charge in [-0.05, 0) is 38.0 Å². The van der Waals surface area contributed by atoms with Gasteiger partial charge in [-0.25, -0.2) is 0 Å². The van der Waals surface area contributed by atoms with Gasteiger partial charge in [0.2, 0.25) is 0 Å². The van der Waals surface area contributed by atoms with Crippen molar-refractivity contribution in [2.45, 2.75) is 25.9 Å². The summed E-state index contributed by atoms with van der Waals surface area (Å²) in [6, 6.07) is 7.34. The number of rotatable bonds is 7. The Morgan fingerprint density at radius 3 is 3.00 bits per heavy atom. The van der Waals surface area contributed by atoms with Crippen molar-refractivity contribution in [2.24, 2.45) is 0 Å². The molecule has 4 nitrogen and oxygen atoms in total. The third kappa shape index (κ3) is 6.61. The number of hydrogen-bond donors (Lipinski definition) is 2. The molecule has 1 rings (SSSR count). The maximum absolute atomic E-state index is 11.4.